The Morgan fingerprint density at radius 3 is 2.89 bits per heavy atom. The van der Waals surface area contributed by atoms with Crippen LogP contribution in [-0.4, -0.2) is 10.9 Å². The van der Waals surface area contributed by atoms with Gasteiger partial charge in [-0.3, -0.25) is 4.79 Å². The highest BCUT2D eigenvalue weighted by Crippen LogP contribution is 2.12. The van der Waals surface area contributed by atoms with E-state index in [0.717, 1.165) is 5.56 Å². The molecule has 1 aromatic carbocycles. The smallest absolute Gasteiger partial charge is 0.248 e. The van der Waals surface area contributed by atoms with E-state index in [1.165, 1.54) is 12.3 Å². The fourth-order valence-corrected chi connectivity index (χ4v) is 1.67. The molecule has 5 heteroatoms. The third-order valence-corrected chi connectivity index (χ3v) is 2.54. The summed E-state index contributed by atoms with van der Waals surface area (Å²) in [6.45, 7) is 0. The van der Waals surface area contributed by atoms with E-state index in [9.17, 15) is 4.79 Å². The van der Waals surface area contributed by atoms with Crippen molar-refractivity contribution in [2.75, 3.05) is 11.1 Å². The fourth-order valence-electron chi connectivity index (χ4n) is 1.50. The van der Waals surface area contributed by atoms with Crippen molar-refractivity contribution < 1.29 is 4.79 Å². The molecule has 4 nitrogen and oxygen atoms in total. The maximum Gasteiger partial charge on any atom is 0.248 e. The van der Waals surface area contributed by atoms with Gasteiger partial charge in [0.2, 0.25) is 5.91 Å². The molecular formula is C14H12ClN3O. The minimum Gasteiger partial charge on any atom is -0.399 e. The molecule has 2 aromatic rings. The number of nitrogens with two attached hydrogens (primary N) is 1. The largest absolute Gasteiger partial charge is 0.399 e. The van der Waals surface area contributed by atoms with Crippen LogP contribution >= 0.6 is 11.6 Å². The van der Waals surface area contributed by atoms with Gasteiger partial charge < -0.3 is 11.1 Å². The lowest BCUT2D eigenvalue weighted by molar-refractivity contribution is -0.111. The Bertz CT molecular complexity index is 626. The third kappa shape index (κ3) is 4.12. The van der Waals surface area contributed by atoms with Crippen molar-refractivity contribution >= 4 is 35.0 Å². The van der Waals surface area contributed by atoms with Crippen LogP contribution in [0.15, 0.2) is 48.7 Å². The van der Waals surface area contributed by atoms with Gasteiger partial charge in [-0.1, -0.05) is 23.7 Å². The van der Waals surface area contributed by atoms with Crippen LogP contribution in [0.3, 0.4) is 0 Å². The molecule has 19 heavy (non-hydrogen) atoms. The summed E-state index contributed by atoms with van der Waals surface area (Å²) in [6.07, 6.45) is 4.65. The summed E-state index contributed by atoms with van der Waals surface area (Å²) in [5, 5.41) is 3.02. The van der Waals surface area contributed by atoms with Gasteiger partial charge in [0.15, 0.2) is 0 Å². The number of hydrogen-bond donors (Lipinski definition) is 2. The van der Waals surface area contributed by atoms with E-state index in [1.807, 2.05) is 12.1 Å². The van der Waals surface area contributed by atoms with Crippen molar-refractivity contribution in [1.82, 2.24) is 4.98 Å². The second-order valence-corrected chi connectivity index (χ2v) is 4.25. The Balaban J connectivity index is 2.01. The van der Waals surface area contributed by atoms with Gasteiger partial charge in [-0.2, -0.15) is 0 Å². The number of anilines is 2. The van der Waals surface area contributed by atoms with Crippen LogP contribution in [0.2, 0.25) is 5.15 Å². The molecule has 0 saturated heterocycles. The number of nitrogens with zero attached hydrogens (tertiary/aromatic N) is 1. The van der Waals surface area contributed by atoms with Crippen LogP contribution in [-0.2, 0) is 4.79 Å². The lowest BCUT2D eigenvalue weighted by Gasteiger charge is -2.01. The van der Waals surface area contributed by atoms with E-state index in [2.05, 4.69) is 10.3 Å². The molecule has 0 radical (unpaired) electrons. The minimum atomic E-state index is -0.246. The van der Waals surface area contributed by atoms with Gasteiger partial charge in [-0.15, -0.1) is 0 Å². The first-order valence-electron chi connectivity index (χ1n) is 5.59. The lowest BCUT2D eigenvalue weighted by atomic mass is 10.2. The highest BCUT2D eigenvalue weighted by atomic mass is 35.5. The molecule has 0 aliphatic heterocycles. The Hall–Kier alpha value is -2.33. The van der Waals surface area contributed by atoms with Crippen LogP contribution in [0.5, 0.6) is 0 Å². The Labute approximate surface area is 115 Å². The predicted molar refractivity (Wildman–Crippen MR) is 77.8 cm³/mol. The molecule has 0 atom stereocenters. The number of pyridine rings is 1. The van der Waals surface area contributed by atoms with Gasteiger partial charge in [0.1, 0.15) is 5.15 Å². The zero-order chi connectivity index (χ0) is 13.7. The van der Waals surface area contributed by atoms with Crippen molar-refractivity contribution in [2.45, 2.75) is 0 Å². The van der Waals surface area contributed by atoms with Crippen LogP contribution in [0, 0.1) is 0 Å². The van der Waals surface area contributed by atoms with E-state index < -0.39 is 0 Å². The molecule has 3 N–H and O–H groups in total. The van der Waals surface area contributed by atoms with E-state index in [4.69, 9.17) is 17.3 Å². The molecule has 0 saturated carbocycles. The van der Waals surface area contributed by atoms with Crippen molar-refractivity contribution in [2.24, 2.45) is 0 Å². The zero-order valence-electron chi connectivity index (χ0n) is 10.0. The van der Waals surface area contributed by atoms with Crippen LogP contribution in [0.1, 0.15) is 5.56 Å². The van der Waals surface area contributed by atoms with E-state index >= 15 is 0 Å². The first kappa shape index (κ1) is 13.1. The van der Waals surface area contributed by atoms with Gasteiger partial charge in [0.05, 0.1) is 0 Å². The summed E-state index contributed by atoms with van der Waals surface area (Å²) in [4.78, 5) is 15.5. The van der Waals surface area contributed by atoms with Gasteiger partial charge in [0, 0.05) is 23.6 Å². The Morgan fingerprint density at radius 1 is 1.32 bits per heavy atom. The third-order valence-electron chi connectivity index (χ3n) is 2.33. The molecular weight excluding hydrogens is 262 g/mol. The van der Waals surface area contributed by atoms with Crippen LogP contribution in [0.4, 0.5) is 11.4 Å². The van der Waals surface area contributed by atoms with Crippen molar-refractivity contribution in [3.05, 3.63) is 59.4 Å². The summed E-state index contributed by atoms with van der Waals surface area (Å²) in [6, 6.07) is 10.5. The molecule has 0 aliphatic rings. The molecule has 0 bridgehead atoms. The summed E-state index contributed by atoms with van der Waals surface area (Å²) in [7, 11) is 0. The first-order valence-corrected chi connectivity index (χ1v) is 5.97. The van der Waals surface area contributed by atoms with Crippen LogP contribution < -0.4 is 11.1 Å². The van der Waals surface area contributed by atoms with Crippen molar-refractivity contribution in [3.8, 4) is 0 Å². The number of halogens is 1. The summed E-state index contributed by atoms with van der Waals surface area (Å²) < 4.78 is 0. The number of nitrogen functional groups attached to an aromatic ring is 1. The number of aromatic nitrogens is 1. The van der Waals surface area contributed by atoms with Crippen LogP contribution in [0.25, 0.3) is 6.08 Å². The number of nitrogens with one attached hydrogen (secondary N) is 1. The molecule has 1 aromatic heterocycles. The van der Waals surface area contributed by atoms with Gasteiger partial charge in [-0.25, -0.2) is 4.98 Å². The highest BCUT2D eigenvalue weighted by molar-refractivity contribution is 6.29. The second-order valence-electron chi connectivity index (χ2n) is 3.86. The molecule has 0 fully saturated rings. The van der Waals surface area contributed by atoms with Crippen molar-refractivity contribution in [3.63, 3.8) is 0 Å². The number of benzene rings is 1. The number of carbonyl (C=O) groups excluding carboxylic acids is 1. The standard InChI is InChI=1S/C14H12ClN3O/c15-13-9-12(6-7-17-13)18-14(19)5-4-10-2-1-3-11(16)8-10/h1-9H,16H2,(H,17,18,19)/b5-4+. The van der Waals surface area contributed by atoms with E-state index in [0.29, 0.717) is 16.5 Å². The van der Waals surface area contributed by atoms with Gasteiger partial charge in [0.25, 0.3) is 0 Å². The Kier molecular flexibility index (Phi) is 4.15. The lowest BCUT2D eigenvalue weighted by Crippen LogP contribution is -2.07. The molecule has 0 spiro atoms. The molecule has 1 heterocycles. The molecule has 1 amide bonds. The topological polar surface area (TPSA) is 68.0 Å². The van der Waals surface area contributed by atoms with Gasteiger partial charge >= 0.3 is 0 Å². The molecule has 96 valence electrons. The second kappa shape index (κ2) is 6.02. The summed E-state index contributed by atoms with van der Waals surface area (Å²) in [5.41, 5.74) is 7.77. The number of amides is 1. The Morgan fingerprint density at radius 2 is 2.16 bits per heavy atom. The fraction of sp³-hybridized carbons (Fsp3) is 0. The van der Waals surface area contributed by atoms with E-state index in [-0.39, 0.29) is 5.91 Å². The summed E-state index contributed by atoms with van der Waals surface area (Å²) >= 11 is 5.72. The first-order chi connectivity index (χ1) is 9.13. The van der Waals surface area contributed by atoms with Gasteiger partial charge in [-0.05, 0) is 35.9 Å². The van der Waals surface area contributed by atoms with Crippen molar-refractivity contribution in [1.29, 1.82) is 0 Å². The monoisotopic (exact) mass is 273 g/mol. The summed E-state index contributed by atoms with van der Waals surface area (Å²) in [5.74, 6) is -0.246. The molecule has 0 aliphatic carbocycles. The number of hydrogen-bond acceptors (Lipinski definition) is 3. The number of rotatable bonds is 3. The quantitative estimate of drug-likeness (QED) is 0.513. The molecule has 0 unspecified atom stereocenters. The average Bonchev–Trinajstić information content (AvgIpc) is 2.36. The maximum atomic E-state index is 11.7. The number of carbonyl (C=O) groups is 1. The SMILES string of the molecule is Nc1cccc(/C=C/C(=O)Nc2ccnc(Cl)c2)c1. The normalized spacial score (nSPS) is 10.6. The average molecular weight is 274 g/mol. The molecule has 2 rings (SSSR count). The highest BCUT2D eigenvalue weighted by Gasteiger charge is 1.99. The predicted octanol–water partition coefficient (Wildman–Crippen LogP) is 2.97. The minimum absolute atomic E-state index is 0.246. The van der Waals surface area contributed by atoms with E-state index in [1.54, 1.807) is 30.3 Å². The zero-order valence-corrected chi connectivity index (χ0v) is 10.8. The maximum absolute atomic E-state index is 11.7.